The van der Waals surface area contributed by atoms with E-state index in [0.717, 1.165) is 31.7 Å². The quantitative estimate of drug-likeness (QED) is 0.642. The normalized spacial score (nSPS) is 38.5. The van der Waals surface area contributed by atoms with Crippen LogP contribution in [0.1, 0.15) is 72.1 Å². The lowest BCUT2D eigenvalue weighted by Crippen LogP contribution is -2.39. The van der Waals surface area contributed by atoms with Crippen molar-refractivity contribution in [3.63, 3.8) is 0 Å². The van der Waals surface area contributed by atoms with E-state index in [1.54, 1.807) is 0 Å². The molecule has 0 amide bonds. The Bertz CT molecular complexity index is 348. The van der Waals surface area contributed by atoms with Crippen LogP contribution in [0.3, 0.4) is 0 Å². The molecule has 1 heterocycles. The molecule has 1 atom stereocenters. The van der Waals surface area contributed by atoms with Gasteiger partial charge in [0.15, 0.2) is 0 Å². The predicted octanol–water partition coefficient (Wildman–Crippen LogP) is 4.58. The molecule has 0 radical (unpaired) electrons. The van der Waals surface area contributed by atoms with Crippen LogP contribution in [0.25, 0.3) is 0 Å². The maximum Gasteiger partial charge on any atom is 0.104 e. The van der Waals surface area contributed by atoms with Gasteiger partial charge in [-0.05, 0) is 75.5 Å². The summed E-state index contributed by atoms with van der Waals surface area (Å²) in [5.74, 6) is 1.75. The van der Waals surface area contributed by atoms with E-state index in [0.29, 0.717) is 23.7 Å². The van der Waals surface area contributed by atoms with Crippen LogP contribution >= 0.6 is 0 Å². The van der Waals surface area contributed by atoms with Crippen molar-refractivity contribution in [3.05, 3.63) is 0 Å². The maximum atomic E-state index is 6.01. The third-order valence-corrected chi connectivity index (χ3v) is 6.78. The van der Waals surface area contributed by atoms with Crippen LogP contribution in [0.4, 0.5) is 0 Å². The van der Waals surface area contributed by atoms with Crippen molar-refractivity contribution in [2.75, 3.05) is 19.8 Å². The van der Waals surface area contributed by atoms with Gasteiger partial charge in [0.25, 0.3) is 0 Å². The molecule has 0 aromatic rings. The lowest BCUT2D eigenvalue weighted by Gasteiger charge is -2.46. The van der Waals surface area contributed by atoms with E-state index >= 15 is 0 Å². The summed E-state index contributed by atoms with van der Waals surface area (Å²) in [4.78, 5) is 0. The maximum absolute atomic E-state index is 6.01. The van der Waals surface area contributed by atoms with Crippen LogP contribution in [0.15, 0.2) is 0 Å². The van der Waals surface area contributed by atoms with E-state index in [4.69, 9.17) is 14.2 Å². The summed E-state index contributed by atoms with van der Waals surface area (Å²) in [6.45, 7) is 9.78. The highest BCUT2D eigenvalue weighted by atomic mass is 16.6. The molecular weight excluding hydrogens is 288 g/mol. The Hall–Kier alpha value is -0.120. The van der Waals surface area contributed by atoms with E-state index in [9.17, 15) is 0 Å². The van der Waals surface area contributed by atoms with Crippen molar-refractivity contribution in [1.82, 2.24) is 0 Å². The average molecular weight is 325 g/mol. The molecule has 3 fully saturated rings. The minimum atomic E-state index is 0.407. The van der Waals surface area contributed by atoms with Crippen LogP contribution in [-0.4, -0.2) is 38.1 Å². The Balaban J connectivity index is 1.42. The number of hydrogen-bond donors (Lipinski definition) is 0. The predicted molar refractivity (Wildman–Crippen MR) is 92.6 cm³/mol. The lowest BCUT2D eigenvalue weighted by atomic mass is 9.60. The van der Waals surface area contributed by atoms with E-state index < -0.39 is 0 Å². The second kappa shape index (κ2) is 7.84. The molecule has 1 aliphatic heterocycles. The minimum Gasteiger partial charge on any atom is -0.379 e. The fraction of sp³-hybridized carbons (Fsp3) is 1.00. The molecule has 23 heavy (non-hydrogen) atoms. The first-order valence-corrected chi connectivity index (χ1v) is 9.94. The summed E-state index contributed by atoms with van der Waals surface area (Å²) in [5, 5.41) is 0. The molecule has 2 aliphatic carbocycles. The minimum absolute atomic E-state index is 0.407. The zero-order valence-corrected chi connectivity index (χ0v) is 15.4. The molecule has 134 valence electrons. The lowest BCUT2D eigenvalue weighted by molar-refractivity contribution is -0.0353. The first-order chi connectivity index (χ1) is 11.1. The van der Waals surface area contributed by atoms with Crippen LogP contribution in [0, 0.1) is 17.3 Å². The van der Waals surface area contributed by atoms with Crippen LogP contribution < -0.4 is 0 Å². The van der Waals surface area contributed by atoms with Gasteiger partial charge < -0.3 is 14.2 Å². The first-order valence-electron chi connectivity index (χ1n) is 9.94. The molecule has 1 unspecified atom stereocenters. The Labute approximate surface area is 142 Å². The Morgan fingerprint density at radius 3 is 1.74 bits per heavy atom. The average Bonchev–Trinajstić information content (AvgIpc) is 3.39. The fourth-order valence-electron chi connectivity index (χ4n) is 4.92. The van der Waals surface area contributed by atoms with Crippen molar-refractivity contribution in [1.29, 1.82) is 0 Å². The molecular formula is C20H36O3. The number of hydrogen-bond acceptors (Lipinski definition) is 3. The third-order valence-electron chi connectivity index (χ3n) is 6.78. The smallest absolute Gasteiger partial charge is 0.104 e. The van der Waals surface area contributed by atoms with E-state index in [1.165, 1.54) is 51.4 Å². The molecule has 3 aliphatic rings. The van der Waals surface area contributed by atoms with Gasteiger partial charge in [-0.2, -0.15) is 0 Å². The first kappa shape index (κ1) is 17.7. The Kier molecular flexibility index (Phi) is 6.03. The molecule has 0 aromatic heterocycles. The summed E-state index contributed by atoms with van der Waals surface area (Å²) < 4.78 is 17.1. The summed E-state index contributed by atoms with van der Waals surface area (Å²) in [6, 6.07) is 0. The molecule has 3 heteroatoms. The molecule has 3 nitrogen and oxygen atoms in total. The summed E-state index contributed by atoms with van der Waals surface area (Å²) in [6.07, 6.45) is 11.8. The van der Waals surface area contributed by atoms with Gasteiger partial charge in [-0.3, -0.25) is 0 Å². The zero-order chi connectivity index (χ0) is 16.3. The van der Waals surface area contributed by atoms with Crippen molar-refractivity contribution in [2.24, 2.45) is 17.3 Å². The van der Waals surface area contributed by atoms with Crippen molar-refractivity contribution >= 4 is 0 Å². The van der Waals surface area contributed by atoms with Gasteiger partial charge >= 0.3 is 0 Å². The second-order valence-corrected chi connectivity index (χ2v) is 8.51. The second-order valence-electron chi connectivity index (χ2n) is 8.51. The topological polar surface area (TPSA) is 31.0 Å². The Morgan fingerprint density at radius 2 is 1.30 bits per heavy atom. The van der Waals surface area contributed by atoms with Crippen LogP contribution in [0.2, 0.25) is 0 Å². The van der Waals surface area contributed by atoms with Gasteiger partial charge in [0.2, 0.25) is 0 Å². The molecule has 1 saturated heterocycles. The highest BCUT2D eigenvalue weighted by Gasteiger charge is 2.40. The van der Waals surface area contributed by atoms with Gasteiger partial charge in [-0.1, -0.05) is 13.8 Å². The largest absolute Gasteiger partial charge is 0.379 e. The fourth-order valence-corrected chi connectivity index (χ4v) is 4.92. The molecule has 2 saturated carbocycles. The van der Waals surface area contributed by atoms with Crippen molar-refractivity contribution < 1.29 is 14.2 Å². The van der Waals surface area contributed by atoms with Gasteiger partial charge in [0, 0.05) is 6.61 Å². The van der Waals surface area contributed by atoms with Gasteiger partial charge in [0.05, 0.1) is 25.4 Å². The number of epoxide rings is 1. The number of ether oxygens (including phenoxy) is 3. The zero-order valence-electron chi connectivity index (χ0n) is 15.4. The van der Waals surface area contributed by atoms with Crippen molar-refractivity contribution in [2.45, 2.75) is 90.4 Å². The standard InChI is InChI=1S/C20H36O3/c1-4-21-17-9-5-15(6-10-17)20(2,3)16-7-11-18(12-8-16)22-13-19-14-23-19/h15-19H,4-14H2,1-3H3/t15-,16?,17+,18?,19?. The van der Waals surface area contributed by atoms with Crippen LogP contribution in [-0.2, 0) is 14.2 Å². The SMILES string of the molecule is CCO[C@H]1CC[C@@H](C(C)(C)C2CCC(OCC3CO3)CC2)CC1. The molecule has 0 N–H and O–H groups in total. The van der Waals surface area contributed by atoms with Gasteiger partial charge in [-0.25, -0.2) is 0 Å². The molecule has 0 bridgehead atoms. The number of rotatable bonds is 7. The highest BCUT2D eigenvalue weighted by Crippen LogP contribution is 2.48. The van der Waals surface area contributed by atoms with E-state index in [1.807, 2.05) is 0 Å². The summed E-state index contributed by atoms with van der Waals surface area (Å²) in [5.41, 5.74) is 0.474. The van der Waals surface area contributed by atoms with Gasteiger partial charge in [0.1, 0.15) is 6.10 Å². The summed E-state index contributed by atoms with van der Waals surface area (Å²) >= 11 is 0. The van der Waals surface area contributed by atoms with Crippen LogP contribution in [0.5, 0.6) is 0 Å². The van der Waals surface area contributed by atoms with Crippen molar-refractivity contribution in [3.8, 4) is 0 Å². The monoisotopic (exact) mass is 324 g/mol. The Morgan fingerprint density at radius 1 is 0.826 bits per heavy atom. The molecule has 0 spiro atoms. The molecule has 0 aromatic carbocycles. The third kappa shape index (κ3) is 4.70. The van der Waals surface area contributed by atoms with E-state index in [-0.39, 0.29) is 0 Å². The van der Waals surface area contributed by atoms with E-state index in [2.05, 4.69) is 20.8 Å². The molecule has 3 rings (SSSR count). The van der Waals surface area contributed by atoms with Gasteiger partial charge in [-0.15, -0.1) is 0 Å². The highest BCUT2D eigenvalue weighted by molar-refractivity contribution is 4.91. The summed E-state index contributed by atoms with van der Waals surface area (Å²) in [7, 11) is 0.